The van der Waals surface area contributed by atoms with Gasteiger partial charge in [-0.05, 0) is 19.1 Å². The molecule has 0 fully saturated rings. The van der Waals surface area contributed by atoms with Crippen LogP contribution in [0.4, 0.5) is 0 Å². The molecule has 0 bridgehead atoms. The van der Waals surface area contributed by atoms with Crippen molar-refractivity contribution in [3.63, 3.8) is 0 Å². The first-order chi connectivity index (χ1) is 10.3. The molecular weight excluding hydrogens is 258 g/mol. The molecule has 100 valence electrons. The molecule has 0 aliphatic carbocycles. The van der Waals surface area contributed by atoms with Gasteiger partial charge in [0, 0.05) is 22.5 Å². The highest BCUT2D eigenvalue weighted by molar-refractivity contribution is 6.08. The third-order valence-electron chi connectivity index (χ3n) is 3.62. The van der Waals surface area contributed by atoms with Crippen LogP contribution in [-0.4, -0.2) is 15.0 Å². The van der Waals surface area contributed by atoms with Crippen molar-refractivity contribution in [3.8, 4) is 11.3 Å². The Morgan fingerprint density at radius 3 is 1.90 bits per heavy atom. The molecule has 0 aliphatic heterocycles. The van der Waals surface area contributed by atoms with Gasteiger partial charge >= 0.3 is 0 Å². The summed E-state index contributed by atoms with van der Waals surface area (Å²) in [6, 6.07) is 16.3. The van der Waals surface area contributed by atoms with E-state index in [0.29, 0.717) is 0 Å². The molecular formula is C18H13N3. The molecule has 0 saturated heterocycles. The lowest BCUT2D eigenvalue weighted by atomic mass is 10.0. The monoisotopic (exact) mass is 271 g/mol. The Bertz CT molecular complexity index is 889. The molecule has 0 amide bonds. The number of para-hydroxylation sites is 2. The summed E-state index contributed by atoms with van der Waals surface area (Å²) in [4.78, 5) is 13.7. The Morgan fingerprint density at radius 1 is 0.714 bits per heavy atom. The maximum Gasteiger partial charge on any atom is 0.0899 e. The lowest BCUT2D eigenvalue weighted by Crippen LogP contribution is -1.92. The summed E-state index contributed by atoms with van der Waals surface area (Å²) in [5.74, 6) is 0. The van der Waals surface area contributed by atoms with Gasteiger partial charge in [0.15, 0.2) is 0 Å². The van der Waals surface area contributed by atoms with Gasteiger partial charge in [-0.25, -0.2) is 4.98 Å². The second-order valence-corrected chi connectivity index (χ2v) is 5.06. The number of aryl methyl sites for hydroxylation is 1. The van der Waals surface area contributed by atoms with Gasteiger partial charge in [0.1, 0.15) is 0 Å². The zero-order chi connectivity index (χ0) is 14.2. The average molecular weight is 271 g/mol. The van der Waals surface area contributed by atoms with Gasteiger partial charge in [-0.1, -0.05) is 36.4 Å². The van der Waals surface area contributed by atoms with Crippen molar-refractivity contribution in [2.45, 2.75) is 6.92 Å². The summed E-state index contributed by atoms with van der Waals surface area (Å²) in [6.45, 7) is 1.94. The topological polar surface area (TPSA) is 38.7 Å². The standard InChI is InChI=1S/C18H13N3/c1-12-10-20-17(11-19-12)18-13-6-2-4-8-15(13)21-16-9-5-3-7-14(16)18/h2-11H,1H3. The molecule has 21 heavy (non-hydrogen) atoms. The van der Waals surface area contributed by atoms with Crippen LogP contribution in [-0.2, 0) is 0 Å². The van der Waals surface area contributed by atoms with Gasteiger partial charge in [0.05, 0.1) is 28.6 Å². The van der Waals surface area contributed by atoms with E-state index >= 15 is 0 Å². The molecule has 0 aliphatic rings. The summed E-state index contributed by atoms with van der Waals surface area (Å²) in [5, 5.41) is 2.21. The third kappa shape index (κ3) is 1.94. The minimum atomic E-state index is 0.885. The van der Waals surface area contributed by atoms with Crippen molar-refractivity contribution in [2.24, 2.45) is 0 Å². The molecule has 0 saturated carbocycles. The lowest BCUT2D eigenvalue weighted by molar-refractivity contribution is 1.12. The molecule has 3 heteroatoms. The molecule has 4 aromatic rings. The Morgan fingerprint density at radius 2 is 1.33 bits per heavy atom. The minimum Gasteiger partial charge on any atom is -0.258 e. The normalized spacial score (nSPS) is 11.1. The number of aromatic nitrogens is 3. The fourth-order valence-corrected chi connectivity index (χ4v) is 2.64. The SMILES string of the molecule is Cc1cnc(-c2c3ccccc3nc3ccccc23)cn1. The minimum absolute atomic E-state index is 0.885. The van der Waals surface area contributed by atoms with E-state index in [4.69, 9.17) is 4.98 Å². The number of hydrogen-bond donors (Lipinski definition) is 0. The zero-order valence-electron chi connectivity index (χ0n) is 11.6. The highest BCUT2D eigenvalue weighted by Gasteiger charge is 2.11. The molecule has 0 radical (unpaired) electrons. The van der Waals surface area contributed by atoms with Gasteiger partial charge in [-0.2, -0.15) is 0 Å². The Labute approximate surface area is 122 Å². The molecule has 0 unspecified atom stereocenters. The van der Waals surface area contributed by atoms with Crippen molar-refractivity contribution in [3.05, 3.63) is 66.6 Å². The highest BCUT2D eigenvalue weighted by Crippen LogP contribution is 2.33. The maximum atomic E-state index is 4.73. The molecule has 0 spiro atoms. The number of nitrogens with zero attached hydrogens (tertiary/aromatic N) is 3. The fourth-order valence-electron chi connectivity index (χ4n) is 2.64. The average Bonchev–Trinajstić information content (AvgIpc) is 2.53. The van der Waals surface area contributed by atoms with Gasteiger partial charge < -0.3 is 0 Å². The van der Waals surface area contributed by atoms with Gasteiger partial charge in [0.2, 0.25) is 0 Å². The van der Waals surface area contributed by atoms with Crippen molar-refractivity contribution < 1.29 is 0 Å². The van der Waals surface area contributed by atoms with Crippen LogP contribution < -0.4 is 0 Å². The maximum absolute atomic E-state index is 4.73. The Kier molecular flexibility index (Phi) is 2.64. The van der Waals surface area contributed by atoms with E-state index in [1.54, 1.807) is 6.20 Å². The lowest BCUT2D eigenvalue weighted by Gasteiger charge is -2.10. The van der Waals surface area contributed by atoms with Crippen LogP contribution in [0.5, 0.6) is 0 Å². The number of pyridine rings is 1. The number of hydrogen-bond acceptors (Lipinski definition) is 3. The van der Waals surface area contributed by atoms with Crippen LogP contribution >= 0.6 is 0 Å². The van der Waals surface area contributed by atoms with Crippen LogP contribution in [0.1, 0.15) is 5.69 Å². The predicted octanol–water partition coefficient (Wildman–Crippen LogP) is 4.15. The van der Waals surface area contributed by atoms with Crippen LogP contribution in [0.25, 0.3) is 33.1 Å². The predicted molar refractivity (Wildman–Crippen MR) is 85.0 cm³/mol. The molecule has 2 aromatic heterocycles. The molecule has 2 heterocycles. The van der Waals surface area contributed by atoms with E-state index in [0.717, 1.165) is 38.8 Å². The van der Waals surface area contributed by atoms with Crippen molar-refractivity contribution in [1.29, 1.82) is 0 Å². The van der Waals surface area contributed by atoms with E-state index in [1.165, 1.54) is 0 Å². The first-order valence-corrected chi connectivity index (χ1v) is 6.89. The number of rotatable bonds is 1. The quantitative estimate of drug-likeness (QED) is 0.488. The van der Waals surface area contributed by atoms with E-state index in [2.05, 4.69) is 22.1 Å². The number of fused-ring (bicyclic) bond motifs is 2. The molecule has 0 N–H and O–H groups in total. The summed E-state index contributed by atoms with van der Waals surface area (Å²) in [5.41, 5.74) is 4.86. The van der Waals surface area contributed by atoms with E-state index < -0.39 is 0 Å². The van der Waals surface area contributed by atoms with Gasteiger partial charge in [0.25, 0.3) is 0 Å². The molecule has 3 nitrogen and oxygen atoms in total. The van der Waals surface area contributed by atoms with Crippen LogP contribution in [0, 0.1) is 6.92 Å². The van der Waals surface area contributed by atoms with Gasteiger partial charge in [-0.15, -0.1) is 0 Å². The highest BCUT2D eigenvalue weighted by atomic mass is 14.8. The molecule has 2 aromatic carbocycles. The number of benzene rings is 2. The summed E-state index contributed by atoms with van der Waals surface area (Å²) in [6.07, 6.45) is 3.64. The fraction of sp³-hybridized carbons (Fsp3) is 0.0556. The van der Waals surface area contributed by atoms with E-state index in [1.807, 2.05) is 49.5 Å². The van der Waals surface area contributed by atoms with Gasteiger partial charge in [-0.3, -0.25) is 9.97 Å². The van der Waals surface area contributed by atoms with E-state index in [9.17, 15) is 0 Å². The summed E-state index contributed by atoms with van der Waals surface area (Å²) < 4.78 is 0. The van der Waals surface area contributed by atoms with Crippen LogP contribution in [0.2, 0.25) is 0 Å². The summed E-state index contributed by atoms with van der Waals surface area (Å²) >= 11 is 0. The zero-order valence-corrected chi connectivity index (χ0v) is 11.6. The summed E-state index contributed by atoms with van der Waals surface area (Å²) in [7, 11) is 0. The van der Waals surface area contributed by atoms with Crippen LogP contribution in [0.15, 0.2) is 60.9 Å². The smallest absolute Gasteiger partial charge is 0.0899 e. The Balaban J connectivity index is 2.18. The molecule has 4 rings (SSSR count). The molecule has 0 atom stereocenters. The van der Waals surface area contributed by atoms with Crippen molar-refractivity contribution in [2.75, 3.05) is 0 Å². The van der Waals surface area contributed by atoms with Crippen molar-refractivity contribution in [1.82, 2.24) is 15.0 Å². The van der Waals surface area contributed by atoms with Crippen molar-refractivity contribution >= 4 is 21.8 Å². The Hall–Kier alpha value is -2.81. The van der Waals surface area contributed by atoms with E-state index in [-0.39, 0.29) is 0 Å². The first kappa shape index (κ1) is 12.0. The second kappa shape index (κ2) is 4.63. The second-order valence-electron chi connectivity index (χ2n) is 5.06. The third-order valence-corrected chi connectivity index (χ3v) is 3.62. The largest absolute Gasteiger partial charge is 0.258 e. The first-order valence-electron chi connectivity index (χ1n) is 6.89. The van der Waals surface area contributed by atoms with Crippen LogP contribution in [0.3, 0.4) is 0 Å².